The third kappa shape index (κ3) is 3.16. The molecule has 0 radical (unpaired) electrons. The van der Waals surface area contributed by atoms with E-state index in [2.05, 4.69) is 5.32 Å². The highest BCUT2D eigenvalue weighted by atomic mass is 19.1. The number of nitrogens with zero attached hydrogens (tertiary/aromatic N) is 1. The average Bonchev–Trinajstić information content (AvgIpc) is 3.45. The van der Waals surface area contributed by atoms with E-state index < -0.39 is 35.0 Å². The summed E-state index contributed by atoms with van der Waals surface area (Å²) >= 11 is 0. The minimum atomic E-state index is -1.47. The molecule has 0 saturated carbocycles. The van der Waals surface area contributed by atoms with E-state index in [1.54, 1.807) is 36.4 Å². The maximum atomic E-state index is 15.3. The van der Waals surface area contributed by atoms with Gasteiger partial charge in [0.1, 0.15) is 17.3 Å². The maximum Gasteiger partial charge on any atom is 0.238 e. The summed E-state index contributed by atoms with van der Waals surface area (Å²) in [5, 5.41) is 3.00. The zero-order valence-corrected chi connectivity index (χ0v) is 21.7. The molecule has 0 aromatic heterocycles. The normalized spacial score (nSPS) is 24.1. The first kappa shape index (κ1) is 24.2. The second-order valence-corrected chi connectivity index (χ2v) is 10.6. The number of amides is 1. The van der Waals surface area contributed by atoms with Crippen LogP contribution in [0.25, 0.3) is 5.57 Å². The Morgan fingerprint density at radius 3 is 2.30 bits per heavy atom. The second-order valence-electron chi connectivity index (χ2n) is 10.6. The van der Waals surface area contributed by atoms with Crippen LogP contribution in [0.2, 0.25) is 0 Å². The molecule has 1 saturated heterocycles. The first-order valence-corrected chi connectivity index (χ1v) is 13.3. The molecular formula is C34H25FN2O3. The molecule has 3 heterocycles. The standard InChI is InChI=1S/C34H25FN2O3/c1-20-19-28-34(24-15-7-9-17-26(24)36-33(34)40)29(32(39)23-14-5-8-16-25(23)35)30(31(38)21-11-3-2-4-12-21)37(28)27-18-10-6-13-22(20)27/h2-19,28-30H,1H3,(H,36,40)/t28-,29-,30-,34-/m0/s1. The summed E-state index contributed by atoms with van der Waals surface area (Å²) < 4.78 is 15.3. The number of para-hydroxylation sites is 2. The summed E-state index contributed by atoms with van der Waals surface area (Å²) in [7, 11) is 0. The Labute approximate surface area is 231 Å². The van der Waals surface area contributed by atoms with Crippen molar-refractivity contribution in [3.05, 3.63) is 137 Å². The molecule has 0 aliphatic carbocycles. The summed E-state index contributed by atoms with van der Waals surface area (Å²) in [6.45, 7) is 1.97. The van der Waals surface area contributed by atoms with Gasteiger partial charge < -0.3 is 10.2 Å². The van der Waals surface area contributed by atoms with Crippen molar-refractivity contribution < 1.29 is 18.8 Å². The molecule has 1 fully saturated rings. The van der Waals surface area contributed by atoms with Crippen molar-refractivity contribution in [1.29, 1.82) is 0 Å². The van der Waals surface area contributed by atoms with Crippen molar-refractivity contribution in [3.63, 3.8) is 0 Å². The number of nitrogens with one attached hydrogen (secondary N) is 1. The van der Waals surface area contributed by atoms with E-state index in [9.17, 15) is 14.4 Å². The van der Waals surface area contributed by atoms with Gasteiger partial charge in [0.05, 0.1) is 17.5 Å². The van der Waals surface area contributed by atoms with Crippen LogP contribution in [-0.2, 0) is 10.2 Å². The Morgan fingerprint density at radius 2 is 1.50 bits per heavy atom. The van der Waals surface area contributed by atoms with Gasteiger partial charge in [-0.15, -0.1) is 0 Å². The highest BCUT2D eigenvalue weighted by molar-refractivity contribution is 6.18. The molecule has 0 unspecified atom stereocenters. The van der Waals surface area contributed by atoms with Crippen molar-refractivity contribution >= 4 is 34.4 Å². The van der Waals surface area contributed by atoms with Crippen LogP contribution in [0.4, 0.5) is 15.8 Å². The van der Waals surface area contributed by atoms with E-state index >= 15 is 4.39 Å². The molecular weight excluding hydrogens is 503 g/mol. The molecule has 40 heavy (non-hydrogen) atoms. The molecule has 4 aromatic carbocycles. The van der Waals surface area contributed by atoms with Gasteiger partial charge in [-0.3, -0.25) is 14.4 Å². The molecule has 196 valence electrons. The molecule has 4 aromatic rings. The predicted molar refractivity (Wildman–Crippen MR) is 152 cm³/mol. The van der Waals surface area contributed by atoms with Crippen LogP contribution >= 0.6 is 0 Å². The van der Waals surface area contributed by atoms with Gasteiger partial charge in [0, 0.05) is 22.5 Å². The average molecular weight is 529 g/mol. The Bertz CT molecular complexity index is 1750. The van der Waals surface area contributed by atoms with E-state index in [1.807, 2.05) is 66.4 Å². The lowest BCUT2D eigenvalue weighted by Crippen LogP contribution is -2.51. The smallest absolute Gasteiger partial charge is 0.238 e. The number of Topliss-reactive ketones (excluding diaryl/α,β-unsaturated/α-hetero) is 2. The number of anilines is 2. The first-order valence-electron chi connectivity index (χ1n) is 13.3. The number of halogens is 1. The predicted octanol–water partition coefficient (Wildman–Crippen LogP) is 6.07. The number of hydrogen-bond acceptors (Lipinski definition) is 4. The topological polar surface area (TPSA) is 66.5 Å². The van der Waals surface area contributed by atoms with Gasteiger partial charge in [-0.1, -0.05) is 84.9 Å². The van der Waals surface area contributed by atoms with E-state index in [1.165, 1.54) is 18.2 Å². The quantitative estimate of drug-likeness (QED) is 0.327. The van der Waals surface area contributed by atoms with Crippen molar-refractivity contribution in [1.82, 2.24) is 0 Å². The number of hydrogen-bond donors (Lipinski definition) is 1. The zero-order valence-electron chi connectivity index (χ0n) is 21.7. The van der Waals surface area contributed by atoms with Gasteiger partial charge in [0.25, 0.3) is 0 Å². The number of carbonyl (C=O) groups is 3. The fourth-order valence-corrected chi connectivity index (χ4v) is 6.99. The largest absolute Gasteiger partial charge is 0.352 e. The van der Waals surface area contributed by atoms with E-state index in [0.717, 1.165) is 16.8 Å². The Kier molecular flexibility index (Phi) is 5.36. The fourth-order valence-electron chi connectivity index (χ4n) is 6.99. The van der Waals surface area contributed by atoms with Gasteiger partial charge >= 0.3 is 0 Å². The number of ketones is 2. The maximum absolute atomic E-state index is 15.3. The zero-order chi connectivity index (χ0) is 27.6. The van der Waals surface area contributed by atoms with Gasteiger partial charge in [0.2, 0.25) is 5.91 Å². The number of carbonyl (C=O) groups excluding carboxylic acids is 3. The Morgan fingerprint density at radius 1 is 0.825 bits per heavy atom. The molecule has 7 rings (SSSR count). The number of allylic oxidation sites excluding steroid dienone is 1. The van der Waals surface area contributed by atoms with Crippen LogP contribution in [0, 0.1) is 11.7 Å². The number of benzene rings is 4. The summed E-state index contributed by atoms with van der Waals surface area (Å²) in [6, 6.07) is 27.9. The number of fused-ring (bicyclic) bond motifs is 6. The Balaban J connectivity index is 1.57. The van der Waals surface area contributed by atoms with Crippen LogP contribution in [0.5, 0.6) is 0 Å². The molecule has 6 heteroatoms. The van der Waals surface area contributed by atoms with Crippen molar-refractivity contribution in [2.45, 2.75) is 24.4 Å². The molecule has 1 spiro atoms. The molecule has 3 aliphatic heterocycles. The van der Waals surface area contributed by atoms with Crippen LogP contribution in [0.15, 0.2) is 109 Å². The molecule has 0 bridgehead atoms. The minimum Gasteiger partial charge on any atom is -0.352 e. The summed E-state index contributed by atoms with van der Waals surface area (Å²) in [5.74, 6) is -3.13. The van der Waals surface area contributed by atoms with Crippen molar-refractivity contribution in [2.24, 2.45) is 5.92 Å². The van der Waals surface area contributed by atoms with Gasteiger partial charge in [-0.2, -0.15) is 0 Å². The second kappa shape index (κ2) is 8.85. The lowest BCUT2D eigenvalue weighted by atomic mass is 9.64. The van der Waals surface area contributed by atoms with E-state index in [0.29, 0.717) is 16.8 Å². The van der Waals surface area contributed by atoms with Crippen molar-refractivity contribution in [2.75, 3.05) is 10.2 Å². The van der Waals surface area contributed by atoms with Gasteiger partial charge in [-0.05, 0) is 42.3 Å². The molecule has 4 atom stereocenters. The molecule has 1 N–H and O–H groups in total. The van der Waals surface area contributed by atoms with Crippen LogP contribution in [0.3, 0.4) is 0 Å². The summed E-state index contributed by atoms with van der Waals surface area (Å²) in [5.41, 5.74) is 2.67. The fraction of sp³-hybridized carbons (Fsp3) is 0.147. The van der Waals surface area contributed by atoms with Crippen molar-refractivity contribution in [3.8, 4) is 0 Å². The third-order valence-electron chi connectivity index (χ3n) is 8.63. The highest BCUT2D eigenvalue weighted by Gasteiger charge is 2.70. The highest BCUT2D eigenvalue weighted by Crippen LogP contribution is 2.58. The van der Waals surface area contributed by atoms with Crippen LogP contribution in [0.1, 0.15) is 38.8 Å². The summed E-state index contributed by atoms with van der Waals surface area (Å²) in [6.07, 6.45) is 1.99. The van der Waals surface area contributed by atoms with Crippen LogP contribution in [-0.4, -0.2) is 29.6 Å². The molecule has 1 amide bonds. The lowest BCUT2D eigenvalue weighted by molar-refractivity contribution is -0.121. The molecule has 3 aliphatic rings. The lowest BCUT2D eigenvalue weighted by Gasteiger charge is -2.39. The molecule has 5 nitrogen and oxygen atoms in total. The van der Waals surface area contributed by atoms with Gasteiger partial charge in [0.15, 0.2) is 11.6 Å². The third-order valence-corrected chi connectivity index (χ3v) is 8.63. The monoisotopic (exact) mass is 528 g/mol. The van der Waals surface area contributed by atoms with Crippen LogP contribution < -0.4 is 10.2 Å². The summed E-state index contributed by atoms with van der Waals surface area (Å²) in [4.78, 5) is 45.5. The van der Waals surface area contributed by atoms with E-state index in [-0.39, 0.29) is 17.3 Å². The first-order chi connectivity index (χ1) is 19.4. The minimum absolute atomic E-state index is 0.135. The van der Waals surface area contributed by atoms with Gasteiger partial charge in [-0.25, -0.2) is 4.39 Å². The van der Waals surface area contributed by atoms with E-state index in [4.69, 9.17) is 0 Å². The number of rotatable bonds is 4. The SMILES string of the molecule is CC1=C[C@@H]2N(c3ccccc31)[C@H](C(=O)c1ccccc1)[C@@H](C(=O)c1ccccc1F)[C@@]21C(=O)Nc2ccccc21. The Hall–Kier alpha value is -4.84.